The third-order valence-electron chi connectivity index (χ3n) is 4.10. The molecule has 3 unspecified atom stereocenters. The fourth-order valence-corrected chi connectivity index (χ4v) is 2.92. The van der Waals surface area contributed by atoms with Crippen molar-refractivity contribution in [2.45, 2.75) is 31.5 Å². The minimum absolute atomic E-state index is 0.120. The fraction of sp³-hybridized carbons (Fsp3) is 0.294. The Balaban J connectivity index is 1.74. The van der Waals surface area contributed by atoms with E-state index in [2.05, 4.69) is 5.32 Å². The molecule has 4 heteroatoms. The summed E-state index contributed by atoms with van der Waals surface area (Å²) in [7, 11) is 0. The van der Waals surface area contributed by atoms with Crippen LogP contribution in [0.4, 0.5) is 8.78 Å². The van der Waals surface area contributed by atoms with Crippen LogP contribution in [0.3, 0.4) is 0 Å². The monoisotopic (exact) mass is 289 g/mol. The van der Waals surface area contributed by atoms with Crippen LogP contribution in [0.2, 0.25) is 0 Å². The van der Waals surface area contributed by atoms with Crippen LogP contribution in [-0.2, 0) is 6.42 Å². The third kappa shape index (κ3) is 2.69. The van der Waals surface area contributed by atoms with Gasteiger partial charge in [-0.15, -0.1) is 0 Å². The summed E-state index contributed by atoms with van der Waals surface area (Å²) in [4.78, 5) is 0. The van der Waals surface area contributed by atoms with Gasteiger partial charge >= 0.3 is 0 Å². The maximum absolute atomic E-state index is 13.3. The molecule has 0 fully saturated rings. The molecule has 0 aliphatic heterocycles. The van der Waals surface area contributed by atoms with Crippen molar-refractivity contribution in [1.82, 2.24) is 5.32 Å². The predicted molar refractivity (Wildman–Crippen MR) is 76.8 cm³/mol. The first-order valence-corrected chi connectivity index (χ1v) is 7.03. The van der Waals surface area contributed by atoms with Gasteiger partial charge in [0.1, 0.15) is 0 Å². The highest BCUT2D eigenvalue weighted by molar-refractivity contribution is 5.36. The van der Waals surface area contributed by atoms with Gasteiger partial charge in [0, 0.05) is 12.1 Å². The molecule has 0 saturated heterocycles. The first-order chi connectivity index (χ1) is 10.1. The van der Waals surface area contributed by atoms with Crippen LogP contribution < -0.4 is 5.32 Å². The number of aliphatic hydroxyl groups excluding tert-OH is 1. The smallest absolute Gasteiger partial charge is 0.159 e. The molecule has 2 N–H and O–H groups in total. The standard InChI is InChI=1S/C17H17F2NO/c1-10(11-6-7-14(18)15(19)8-11)20-16-9-12-4-2-3-5-13(12)17(16)21/h2-8,10,16-17,20-21H,9H2,1H3. The summed E-state index contributed by atoms with van der Waals surface area (Å²) >= 11 is 0. The van der Waals surface area contributed by atoms with Gasteiger partial charge in [-0.3, -0.25) is 0 Å². The predicted octanol–water partition coefficient (Wildman–Crippen LogP) is 3.27. The van der Waals surface area contributed by atoms with Gasteiger partial charge in [-0.25, -0.2) is 8.78 Å². The molecule has 0 amide bonds. The number of aliphatic hydroxyl groups is 1. The summed E-state index contributed by atoms with van der Waals surface area (Å²) in [6.07, 6.45) is 0.152. The molecule has 1 aliphatic carbocycles. The fourth-order valence-electron chi connectivity index (χ4n) is 2.92. The van der Waals surface area contributed by atoms with Crippen LogP contribution in [0.5, 0.6) is 0 Å². The molecular weight excluding hydrogens is 272 g/mol. The average molecular weight is 289 g/mol. The lowest BCUT2D eigenvalue weighted by molar-refractivity contribution is 0.136. The molecule has 0 bridgehead atoms. The van der Waals surface area contributed by atoms with E-state index in [1.54, 1.807) is 6.07 Å². The van der Waals surface area contributed by atoms with Crippen molar-refractivity contribution in [3.8, 4) is 0 Å². The van der Waals surface area contributed by atoms with Gasteiger partial charge in [0.2, 0.25) is 0 Å². The summed E-state index contributed by atoms with van der Waals surface area (Å²) < 4.78 is 26.3. The van der Waals surface area contributed by atoms with E-state index < -0.39 is 17.7 Å². The minimum Gasteiger partial charge on any atom is -0.387 e. The molecule has 2 aromatic rings. The SMILES string of the molecule is CC(NC1Cc2ccccc2C1O)c1ccc(F)c(F)c1. The zero-order valence-corrected chi connectivity index (χ0v) is 11.7. The number of benzene rings is 2. The molecule has 0 saturated carbocycles. The molecule has 0 radical (unpaired) electrons. The van der Waals surface area contributed by atoms with Gasteiger partial charge in [0.05, 0.1) is 6.10 Å². The molecule has 0 aromatic heterocycles. The van der Waals surface area contributed by atoms with Crippen molar-refractivity contribution in [1.29, 1.82) is 0 Å². The Morgan fingerprint density at radius 2 is 1.90 bits per heavy atom. The lowest BCUT2D eigenvalue weighted by Gasteiger charge is -2.22. The van der Waals surface area contributed by atoms with Crippen LogP contribution in [0.15, 0.2) is 42.5 Å². The van der Waals surface area contributed by atoms with Crippen LogP contribution in [0.1, 0.15) is 35.8 Å². The molecular formula is C17H17F2NO. The summed E-state index contributed by atoms with van der Waals surface area (Å²) in [6, 6.07) is 11.4. The van der Waals surface area contributed by atoms with E-state index in [-0.39, 0.29) is 12.1 Å². The van der Waals surface area contributed by atoms with Crippen molar-refractivity contribution < 1.29 is 13.9 Å². The highest BCUT2D eigenvalue weighted by Crippen LogP contribution is 2.32. The van der Waals surface area contributed by atoms with E-state index in [0.717, 1.165) is 23.6 Å². The molecule has 1 aliphatic rings. The normalized spacial score (nSPS) is 22.1. The summed E-state index contributed by atoms with van der Waals surface area (Å²) in [5.41, 5.74) is 2.73. The van der Waals surface area contributed by atoms with E-state index >= 15 is 0 Å². The highest BCUT2D eigenvalue weighted by Gasteiger charge is 2.31. The van der Waals surface area contributed by atoms with Gasteiger partial charge in [0.15, 0.2) is 11.6 Å². The Morgan fingerprint density at radius 3 is 2.62 bits per heavy atom. The number of rotatable bonds is 3. The molecule has 21 heavy (non-hydrogen) atoms. The summed E-state index contributed by atoms with van der Waals surface area (Å²) in [5.74, 6) is -1.70. The Labute approximate surface area is 122 Å². The number of halogens is 2. The minimum atomic E-state index is -0.851. The van der Waals surface area contributed by atoms with Crippen molar-refractivity contribution in [2.75, 3.05) is 0 Å². The van der Waals surface area contributed by atoms with Crippen molar-refractivity contribution in [3.63, 3.8) is 0 Å². The van der Waals surface area contributed by atoms with Crippen molar-refractivity contribution >= 4 is 0 Å². The van der Waals surface area contributed by atoms with Crippen LogP contribution in [-0.4, -0.2) is 11.1 Å². The van der Waals surface area contributed by atoms with Gasteiger partial charge in [-0.1, -0.05) is 30.3 Å². The van der Waals surface area contributed by atoms with Crippen LogP contribution >= 0.6 is 0 Å². The lowest BCUT2D eigenvalue weighted by atomic mass is 10.1. The second-order valence-electron chi connectivity index (χ2n) is 5.52. The molecule has 3 atom stereocenters. The Bertz CT molecular complexity index is 659. The van der Waals surface area contributed by atoms with E-state index in [4.69, 9.17) is 0 Å². The van der Waals surface area contributed by atoms with Gasteiger partial charge in [0.25, 0.3) is 0 Å². The molecule has 2 aromatic carbocycles. The number of nitrogens with one attached hydrogen (secondary N) is 1. The first kappa shape index (κ1) is 14.2. The molecule has 2 nitrogen and oxygen atoms in total. The maximum Gasteiger partial charge on any atom is 0.159 e. The van der Waals surface area contributed by atoms with Crippen molar-refractivity contribution in [3.05, 3.63) is 70.8 Å². The Kier molecular flexibility index (Phi) is 3.74. The maximum atomic E-state index is 13.3. The van der Waals surface area contributed by atoms with Crippen LogP contribution in [0.25, 0.3) is 0 Å². The number of fused-ring (bicyclic) bond motifs is 1. The zero-order valence-electron chi connectivity index (χ0n) is 11.7. The second-order valence-corrected chi connectivity index (χ2v) is 5.52. The van der Waals surface area contributed by atoms with Gasteiger partial charge in [-0.05, 0) is 42.2 Å². The molecule has 0 heterocycles. The summed E-state index contributed by atoms with van der Waals surface area (Å²) in [6.45, 7) is 1.88. The molecule has 110 valence electrons. The van der Waals surface area contributed by atoms with E-state index in [1.165, 1.54) is 6.07 Å². The highest BCUT2D eigenvalue weighted by atomic mass is 19.2. The number of hydrogen-bond acceptors (Lipinski definition) is 2. The molecule has 0 spiro atoms. The first-order valence-electron chi connectivity index (χ1n) is 7.03. The zero-order chi connectivity index (χ0) is 15.0. The van der Waals surface area contributed by atoms with Gasteiger partial charge < -0.3 is 10.4 Å². The van der Waals surface area contributed by atoms with E-state index in [1.807, 2.05) is 31.2 Å². The Morgan fingerprint density at radius 1 is 1.14 bits per heavy atom. The second kappa shape index (κ2) is 5.54. The number of hydrogen-bond donors (Lipinski definition) is 2. The van der Waals surface area contributed by atoms with Crippen LogP contribution in [0, 0.1) is 11.6 Å². The average Bonchev–Trinajstić information content (AvgIpc) is 2.79. The van der Waals surface area contributed by atoms with Crippen molar-refractivity contribution in [2.24, 2.45) is 0 Å². The quantitative estimate of drug-likeness (QED) is 0.909. The lowest BCUT2D eigenvalue weighted by Crippen LogP contribution is -2.35. The van der Waals surface area contributed by atoms with E-state index in [9.17, 15) is 13.9 Å². The third-order valence-corrected chi connectivity index (χ3v) is 4.10. The summed E-state index contributed by atoms with van der Waals surface area (Å²) in [5, 5.41) is 13.6. The molecule has 3 rings (SSSR count). The topological polar surface area (TPSA) is 32.3 Å². The Hall–Kier alpha value is -1.78. The van der Waals surface area contributed by atoms with E-state index in [0.29, 0.717) is 5.56 Å². The van der Waals surface area contributed by atoms with Gasteiger partial charge in [-0.2, -0.15) is 0 Å². The largest absolute Gasteiger partial charge is 0.387 e.